The topological polar surface area (TPSA) is 119 Å². The second-order valence-electron chi connectivity index (χ2n) is 3.65. The van der Waals surface area contributed by atoms with E-state index >= 15 is 0 Å². The van der Waals surface area contributed by atoms with Crippen LogP contribution in [0.2, 0.25) is 0 Å². The molecular formula is C8H13N7O2. The van der Waals surface area contributed by atoms with Gasteiger partial charge in [-0.2, -0.15) is 4.98 Å². The molecule has 0 spiro atoms. The summed E-state index contributed by atoms with van der Waals surface area (Å²) in [4.78, 5) is 6.09. The zero-order valence-corrected chi connectivity index (χ0v) is 9.54. The number of nitrogens with two attached hydrogens (primary N) is 1. The van der Waals surface area contributed by atoms with E-state index in [0.29, 0.717) is 12.6 Å². The molecule has 0 radical (unpaired) electrons. The Bertz CT molecular complexity index is 478. The quantitative estimate of drug-likeness (QED) is 0.722. The van der Waals surface area contributed by atoms with Gasteiger partial charge in [0.15, 0.2) is 11.5 Å². The fraction of sp³-hybridized carbons (Fsp3) is 0.500. The molecule has 2 aromatic heterocycles. The Balaban J connectivity index is 1.99. The van der Waals surface area contributed by atoms with Crippen molar-refractivity contribution in [1.29, 1.82) is 0 Å². The molecule has 9 heteroatoms. The Hall–Kier alpha value is -2.16. The second kappa shape index (κ2) is 4.78. The monoisotopic (exact) mass is 239 g/mol. The summed E-state index contributed by atoms with van der Waals surface area (Å²) in [6.07, 6.45) is 0. The van der Waals surface area contributed by atoms with E-state index in [-0.39, 0.29) is 17.3 Å². The molecule has 0 saturated heterocycles. The van der Waals surface area contributed by atoms with Crippen LogP contribution in [0, 0.1) is 0 Å². The van der Waals surface area contributed by atoms with Gasteiger partial charge in [-0.15, -0.1) is 0 Å². The highest BCUT2D eigenvalue weighted by Crippen LogP contribution is 2.19. The first-order valence-corrected chi connectivity index (χ1v) is 4.97. The molecule has 2 aromatic rings. The largest absolute Gasteiger partial charge is 0.379 e. The lowest BCUT2D eigenvalue weighted by Crippen LogP contribution is -2.20. The molecule has 0 saturated carbocycles. The maximum atomic E-state index is 5.51. The Labute approximate surface area is 96.9 Å². The molecule has 0 aromatic carbocycles. The summed E-state index contributed by atoms with van der Waals surface area (Å²) < 4.78 is 9.42. The number of aromatic nitrogens is 4. The van der Waals surface area contributed by atoms with Gasteiger partial charge in [-0.25, -0.2) is 4.63 Å². The maximum absolute atomic E-state index is 5.51. The minimum Gasteiger partial charge on any atom is -0.379 e. The summed E-state index contributed by atoms with van der Waals surface area (Å²) in [5.74, 6) is 0.377. The maximum Gasteiger partial charge on any atom is 0.321 e. The van der Waals surface area contributed by atoms with E-state index in [0.717, 1.165) is 6.54 Å². The average molecular weight is 239 g/mol. The van der Waals surface area contributed by atoms with Crippen LogP contribution in [0.4, 0.5) is 11.8 Å². The molecule has 92 valence electrons. The predicted octanol–water partition coefficient (Wildman–Crippen LogP) is -0.325. The molecule has 0 amide bonds. The van der Waals surface area contributed by atoms with Crippen LogP contribution < -0.4 is 11.1 Å². The first kappa shape index (κ1) is 11.3. The van der Waals surface area contributed by atoms with E-state index in [2.05, 4.69) is 30.4 Å². The van der Waals surface area contributed by atoms with Crippen LogP contribution in [0.5, 0.6) is 0 Å². The predicted molar refractivity (Wildman–Crippen MR) is 59.0 cm³/mol. The summed E-state index contributed by atoms with van der Waals surface area (Å²) in [5.41, 5.74) is 5.78. The van der Waals surface area contributed by atoms with Gasteiger partial charge in [-0.3, -0.25) is 0 Å². The minimum absolute atomic E-state index is 0.130. The van der Waals surface area contributed by atoms with Crippen molar-refractivity contribution >= 4 is 11.8 Å². The van der Waals surface area contributed by atoms with E-state index < -0.39 is 0 Å². The van der Waals surface area contributed by atoms with Crippen molar-refractivity contribution in [1.82, 2.24) is 25.4 Å². The highest BCUT2D eigenvalue weighted by atomic mass is 16.6. The van der Waals surface area contributed by atoms with Crippen molar-refractivity contribution in [3.8, 4) is 11.5 Å². The van der Waals surface area contributed by atoms with Crippen molar-refractivity contribution in [2.24, 2.45) is 0 Å². The van der Waals surface area contributed by atoms with Crippen molar-refractivity contribution in [2.75, 3.05) is 38.2 Å². The van der Waals surface area contributed by atoms with Gasteiger partial charge in [0.2, 0.25) is 5.82 Å². The van der Waals surface area contributed by atoms with Crippen LogP contribution in [0.25, 0.3) is 11.5 Å². The van der Waals surface area contributed by atoms with E-state index in [4.69, 9.17) is 10.3 Å². The molecular weight excluding hydrogens is 226 g/mol. The molecule has 2 rings (SSSR count). The third-order valence-corrected chi connectivity index (χ3v) is 1.99. The number of nitrogen functional groups attached to an aromatic ring is 1. The van der Waals surface area contributed by atoms with Crippen LogP contribution in [0.1, 0.15) is 0 Å². The third kappa shape index (κ3) is 2.69. The molecule has 2 heterocycles. The van der Waals surface area contributed by atoms with Crippen LogP contribution in [0.15, 0.2) is 9.15 Å². The van der Waals surface area contributed by atoms with Crippen LogP contribution in [-0.2, 0) is 0 Å². The number of rotatable bonds is 5. The summed E-state index contributed by atoms with van der Waals surface area (Å²) >= 11 is 0. The number of hydrogen-bond donors (Lipinski definition) is 2. The molecule has 0 fully saturated rings. The number of anilines is 2. The summed E-state index contributed by atoms with van der Waals surface area (Å²) in [6, 6.07) is 0.309. The molecule has 3 N–H and O–H groups in total. The molecule has 0 aliphatic heterocycles. The zero-order chi connectivity index (χ0) is 12.3. The van der Waals surface area contributed by atoms with Gasteiger partial charge in [0, 0.05) is 13.1 Å². The van der Waals surface area contributed by atoms with Gasteiger partial charge < -0.3 is 20.5 Å². The fourth-order valence-corrected chi connectivity index (χ4v) is 1.13. The Morgan fingerprint density at radius 1 is 1.29 bits per heavy atom. The normalized spacial score (nSPS) is 11.0. The molecule has 0 bridgehead atoms. The van der Waals surface area contributed by atoms with Gasteiger partial charge >= 0.3 is 6.01 Å². The number of hydrogen-bond acceptors (Lipinski definition) is 9. The summed E-state index contributed by atoms with van der Waals surface area (Å²) in [7, 11) is 3.95. The average Bonchev–Trinajstić information content (AvgIpc) is 2.86. The van der Waals surface area contributed by atoms with Crippen LogP contribution >= 0.6 is 0 Å². The van der Waals surface area contributed by atoms with Gasteiger partial charge in [-0.05, 0) is 24.4 Å². The molecule has 0 aliphatic rings. The number of nitrogens with zero attached hydrogens (tertiary/aromatic N) is 5. The van der Waals surface area contributed by atoms with E-state index in [9.17, 15) is 0 Å². The zero-order valence-electron chi connectivity index (χ0n) is 9.54. The SMILES string of the molecule is CN(C)CCNc1nc(-c2nonc2N)no1. The first-order chi connectivity index (χ1) is 8.16. The molecule has 0 aliphatic carbocycles. The molecule has 9 nitrogen and oxygen atoms in total. The van der Waals surface area contributed by atoms with E-state index in [1.54, 1.807) is 0 Å². The first-order valence-electron chi connectivity index (χ1n) is 4.97. The Kier molecular flexibility index (Phi) is 3.19. The van der Waals surface area contributed by atoms with Crippen molar-refractivity contribution in [3.63, 3.8) is 0 Å². The highest BCUT2D eigenvalue weighted by Gasteiger charge is 2.16. The molecule has 0 unspecified atom stereocenters. The van der Waals surface area contributed by atoms with Crippen molar-refractivity contribution in [2.45, 2.75) is 0 Å². The number of nitrogens with one attached hydrogen (secondary N) is 1. The summed E-state index contributed by atoms with van der Waals surface area (Å²) in [5, 5.41) is 13.7. The van der Waals surface area contributed by atoms with Crippen molar-refractivity contribution < 1.29 is 9.15 Å². The van der Waals surface area contributed by atoms with E-state index in [1.807, 2.05) is 19.0 Å². The highest BCUT2D eigenvalue weighted by molar-refractivity contribution is 5.62. The molecule has 17 heavy (non-hydrogen) atoms. The van der Waals surface area contributed by atoms with Gasteiger partial charge in [0.25, 0.3) is 0 Å². The number of likely N-dealkylation sites (N-methyl/N-ethyl adjacent to an activating group) is 1. The van der Waals surface area contributed by atoms with Crippen LogP contribution in [-0.4, -0.2) is 52.5 Å². The lowest BCUT2D eigenvalue weighted by atomic mass is 10.4. The fourth-order valence-electron chi connectivity index (χ4n) is 1.13. The second-order valence-corrected chi connectivity index (χ2v) is 3.65. The van der Waals surface area contributed by atoms with Gasteiger partial charge in [-0.1, -0.05) is 5.16 Å². The van der Waals surface area contributed by atoms with Gasteiger partial charge in [0.1, 0.15) is 0 Å². The van der Waals surface area contributed by atoms with Crippen molar-refractivity contribution in [3.05, 3.63) is 0 Å². The lowest BCUT2D eigenvalue weighted by molar-refractivity contribution is 0.310. The standard InChI is InChI=1S/C8H13N7O2/c1-15(2)4-3-10-8-11-7(14-16-8)5-6(9)13-17-12-5/h3-4H2,1-2H3,(H2,9,13)(H,10,11,14). The Morgan fingerprint density at radius 3 is 2.76 bits per heavy atom. The van der Waals surface area contributed by atoms with E-state index in [1.165, 1.54) is 0 Å². The molecule has 0 atom stereocenters. The summed E-state index contributed by atoms with van der Waals surface area (Å²) in [6.45, 7) is 1.55. The smallest absolute Gasteiger partial charge is 0.321 e. The Morgan fingerprint density at radius 2 is 2.12 bits per heavy atom. The third-order valence-electron chi connectivity index (χ3n) is 1.99. The van der Waals surface area contributed by atoms with Gasteiger partial charge in [0.05, 0.1) is 0 Å². The van der Waals surface area contributed by atoms with Crippen LogP contribution in [0.3, 0.4) is 0 Å². The minimum atomic E-state index is 0.130. The lowest BCUT2D eigenvalue weighted by Gasteiger charge is -2.07.